The van der Waals surface area contributed by atoms with Crippen LogP contribution in [0.3, 0.4) is 0 Å². The fourth-order valence-electron chi connectivity index (χ4n) is 3.44. The van der Waals surface area contributed by atoms with Gasteiger partial charge < -0.3 is 4.74 Å². The average molecular weight is 312 g/mol. The third-order valence-electron chi connectivity index (χ3n) is 4.56. The van der Waals surface area contributed by atoms with Crippen molar-refractivity contribution in [3.63, 3.8) is 0 Å². The molecule has 0 amide bonds. The third-order valence-corrected chi connectivity index (χ3v) is 4.56. The summed E-state index contributed by atoms with van der Waals surface area (Å²) >= 11 is 0. The molecule has 0 atom stereocenters. The van der Waals surface area contributed by atoms with E-state index in [0.717, 1.165) is 32.9 Å². The molecule has 0 spiro atoms. The van der Waals surface area contributed by atoms with Crippen LogP contribution in [0.1, 0.15) is 16.1 Å². The molecule has 0 radical (unpaired) electrons. The first-order valence-electron chi connectivity index (χ1n) is 7.68. The molecule has 4 aromatic rings. The molecule has 4 heteroatoms. The maximum atomic E-state index is 13.0. The van der Waals surface area contributed by atoms with E-state index in [0.29, 0.717) is 17.0 Å². The van der Waals surface area contributed by atoms with Gasteiger partial charge in [0, 0.05) is 28.1 Å². The summed E-state index contributed by atoms with van der Waals surface area (Å²) in [6.45, 7) is 0. The lowest BCUT2D eigenvalue weighted by molar-refractivity contribution is 0.103. The van der Waals surface area contributed by atoms with Gasteiger partial charge in [-0.1, -0.05) is 18.2 Å². The van der Waals surface area contributed by atoms with Crippen LogP contribution in [0.25, 0.3) is 32.9 Å². The molecule has 0 saturated carbocycles. The Bertz CT molecular complexity index is 1170. The summed E-state index contributed by atoms with van der Waals surface area (Å²) in [5.41, 5.74) is 3.60. The molecule has 5 rings (SSSR count). The number of hydrogen-bond donors (Lipinski definition) is 0. The fraction of sp³-hybridized carbons (Fsp3) is 0.0500. The topological polar surface area (TPSA) is 52.1 Å². The van der Waals surface area contributed by atoms with Gasteiger partial charge in [0.2, 0.25) is 5.78 Å². The van der Waals surface area contributed by atoms with Crippen LogP contribution in [0.4, 0.5) is 0 Å². The lowest BCUT2D eigenvalue weighted by atomic mass is 9.87. The van der Waals surface area contributed by atoms with E-state index in [1.165, 1.54) is 0 Å². The second-order valence-corrected chi connectivity index (χ2v) is 5.80. The minimum atomic E-state index is -0.0842. The van der Waals surface area contributed by atoms with Crippen LogP contribution in [-0.4, -0.2) is 22.9 Å². The number of carbonyl (C=O) groups is 1. The molecular formula is C20H12N2O2. The van der Waals surface area contributed by atoms with Crippen molar-refractivity contribution in [3.05, 3.63) is 66.0 Å². The fourth-order valence-corrected chi connectivity index (χ4v) is 3.44. The van der Waals surface area contributed by atoms with Gasteiger partial charge in [-0.15, -0.1) is 0 Å². The molecule has 2 heterocycles. The van der Waals surface area contributed by atoms with Gasteiger partial charge in [-0.05, 0) is 35.7 Å². The van der Waals surface area contributed by atoms with Crippen molar-refractivity contribution >= 4 is 27.5 Å². The minimum Gasteiger partial charge on any atom is -0.497 e. The summed E-state index contributed by atoms with van der Waals surface area (Å²) in [5, 5.41) is 2.87. The Balaban J connectivity index is 2.01. The average Bonchev–Trinajstić information content (AvgIpc) is 2.65. The van der Waals surface area contributed by atoms with Crippen molar-refractivity contribution in [3.8, 4) is 17.0 Å². The van der Waals surface area contributed by atoms with E-state index in [4.69, 9.17) is 9.72 Å². The molecular weight excluding hydrogens is 300 g/mol. The molecule has 2 aromatic heterocycles. The van der Waals surface area contributed by atoms with Crippen LogP contribution < -0.4 is 4.74 Å². The molecule has 0 bridgehead atoms. The van der Waals surface area contributed by atoms with Crippen LogP contribution in [0, 0.1) is 0 Å². The van der Waals surface area contributed by atoms with Gasteiger partial charge in [0.05, 0.1) is 18.3 Å². The first kappa shape index (κ1) is 13.2. The van der Waals surface area contributed by atoms with Gasteiger partial charge in [-0.25, -0.2) is 4.98 Å². The predicted molar refractivity (Wildman–Crippen MR) is 92.5 cm³/mol. The zero-order valence-electron chi connectivity index (χ0n) is 12.9. The van der Waals surface area contributed by atoms with Crippen molar-refractivity contribution < 1.29 is 9.53 Å². The number of ketones is 1. The number of pyridine rings is 2. The Morgan fingerprint density at radius 1 is 0.917 bits per heavy atom. The summed E-state index contributed by atoms with van der Waals surface area (Å²) in [6, 6.07) is 15.4. The Kier molecular flexibility index (Phi) is 2.54. The predicted octanol–water partition coefficient (Wildman–Crippen LogP) is 4.00. The SMILES string of the molecule is COc1ccc2c(c1)C(=O)c1nccc3c1c-2nc1ccccc13. The highest BCUT2D eigenvalue weighted by atomic mass is 16.5. The molecule has 0 unspecified atom stereocenters. The molecule has 24 heavy (non-hydrogen) atoms. The van der Waals surface area contributed by atoms with Gasteiger partial charge in [0.25, 0.3) is 0 Å². The Hall–Kier alpha value is -3.27. The highest BCUT2D eigenvalue weighted by Gasteiger charge is 2.28. The lowest BCUT2D eigenvalue weighted by Crippen LogP contribution is -2.13. The van der Waals surface area contributed by atoms with Crippen LogP contribution in [-0.2, 0) is 0 Å². The number of aromatic nitrogens is 2. The second kappa shape index (κ2) is 4.61. The number of para-hydroxylation sites is 1. The number of benzene rings is 2. The van der Waals surface area contributed by atoms with Crippen molar-refractivity contribution in [1.29, 1.82) is 0 Å². The van der Waals surface area contributed by atoms with E-state index in [9.17, 15) is 4.79 Å². The molecule has 2 aromatic carbocycles. The van der Waals surface area contributed by atoms with Crippen molar-refractivity contribution in [2.24, 2.45) is 0 Å². The summed E-state index contributed by atoms with van der Waals surface area (Å²) in [4.78, 5) is 22.1. The number of nitrogens with zero attached hydrogens (tertiary/aromatic N) is 2. The van der Waals surface area contributed by atoms with Crippen LogP contribution >= 0.6 is 0 Å². The van der Waals surface area contributed by atoms with Gasteiger partial charge in [-0.3, -0.25) is 9.78 Å². The maximum Gasteiger partial charge on any atom is 0.212 e. The quantitative estimate of drug-likeness (QED) is 0.439. The highest BCUT2D eigenvalue weighted by Crippen LogP contribution is 2.40. The van der Waals surface area contributed by atoms with E-state index in [-0.39, 0.29) is 5.78 Å². The van der Waals surface area contributed by atoms with Crippen LogP contribution in [0.2, 0.25) is 0 Å². The molecule has 114 valence electrons. The van der Waals surface area contributed by atoms with Crippen LogP contribution in [0.15, 0.2) is 54.7 Å². The number of rotatable bonds is 1. The maximum absolute atomic E-state index is 13.0. The summed E-state index contributed by atoms with van der Waals surface area (Å²) in [5.74, 6) is 0.567. The Morgan fingerprint density at radius 2 is 1.79 bits per heavy atom. The number of ether oxygens (including phenoxy) is 1. The van der Waals surface area contributed by atoms with Crippen molar-refractivity contribution in [2.45, 2.75) is 0 Å². The molecule has 4 nitrogen and oxygen atoms in total. The summed E-state index contributed by atoms with van der Waals surface area (Å²) in [7, 11) is 1.59. The Morgan fingerprint density at radius 3 is 2.67 bits per heavy atom. The standard InChI is InChI=1S/C20H12N2O2/c1-24-11-6-7-14-15(10-11)20(23)19-17-13(8-9-21-19)12-4-2-3-5-16(12)22-18(14)17/h2-10H,1H3. The summed E-state index contributed by atoms with van der Waals surface area (Å²) < 4.78 is 5.27. The third kappa shape index (κ3) is 1.60. The van der Waals surface area contributed by atoms with E-state index in [1.54, 1.807) is 19.4 Å². The zero-order chi connectivity index (χ0) is 16.3. The van der Waals surface area contributed by atoms with E-state index < -0.39 is 0 Å². The number of fused-ring (bicyclic) bond motifs is 4. The molecule has 0 fully saturated rings. The molecule has 0 aliphatic heterocycles. The first-order chi connectivity index (χ1) is 11.8. The van der Waals surface area contributed by atoms with Crippen molar-refractivity contribution in [1.82, 2.24) is 9.97 Å². The molecule has 0 N–H and O–H groups in total. The monoisotopic (exact) mass is 312 g/mol. The van der Waals surface area contributed by atoms with Crippen molar-refractivity contribution in [2.75, 3.05) is 7.11 Å². The second-order valence-electron chi connectivity index (χ2n) is 5.80. The molecule has 1 aliphatic rings. The van der Waals surface area contributed by atoms with E-state index >= 15 is 0 Å². The lowest BCUT2D eigenvalue weighted by Gasteiger charge is -2.19. The number of hydrogen-bond acceptors (Lipinski definition) is 4. The number of carbonyl (C=O) groups excluding carboxylic acids is 1. The largest absolute Gasteiger partial charge is 0.497 e. The first-order valence-corrected chi connectivity index (χ1v) is 7.68. The van der Waals surface area contributed by atoms with Gasteiger partial charge in [0.15, 0.2) is 0 Å². The molecule has 1 aliphatic carbocycles. The highest BCUT2D eigenvalue weighted by molar-refractivity contribution is 6.27. The minimum absolute atomic E-state index is 0.0842. The molecule has 0 saturated heterocycles. The van der Waals surface area contributed by atoms with Gasteiger partial charge in [0.1, 0.15) is 11.4 Å². The van der Waals surface area contributed by atoms with E-state index in [1.807, 2.05) is 42.5 Å². The Labute approximate surface area is 137 Å². The van der Waals surface area contributed by atoms with Gasteiger partial charge >= 0.3 is 0 Å². The summed E-state index contributed by atoms with van der Waals surface area (Å²) in [6.07, 6.45) is 1.69. The number of methoxy groups -OCH3 is 1. The zero-order valence-corrected chi connectivity index (χ0v) is 12.9. The van der Waals surface area contributed by atoms with Gasteiger partial charge in [-0.2, -0.15) is 0 Å². The van der Waals surface area contributed by atoms with E-state index in [2.05, 4.69) is 4.98 Å². The smallest absolute Gasteiger partial charge is 0.212 e. The normalized spacial score (nSPS) is 12.5. The van der Waals surface area contributed by atoms with Crippen LogP contribution in [0.5, 0.6) is 5.75 Å².